The van der Waals surface area contributed by atoms with Gasteiger partial charge in [0.05, 0.1) is 0 Å². The van der Waals surface area contributed by atoms with Crippen molar-refractivity contribution in [1.29, 1.82) is 0 Å². The Hall–Kier alpha value is -3.93. The number of ether oxygens (including phenoxy) is 3. The molecule has 6 nitrogen and oxygen atoms in total. The van der Waals surface area contributed by atoms with Gasteiger partial charge in [0.1, 0.15) is 13.2 Å². The van der Waals surface area contributed by atoms with Gasteiger partial charge in [-0.1, -0.05) is 220 Å². The summed E-state index contributed by atoms with van der Waals surface area (Å²) in [6, 6.07) is 0. The molecule has 0 aliphatic rings. The Kier molecular flexibility index (Phi) is 51.5. The van der Waals surface area contributed by atoms with Gasteiger partial charge in [0.25, 0.3) is 0 Å². The molecule has 380 valence electrons. The number of hydrogen-bond donors (Lipinski definition) is 0. The minimum atomic E-state index is -0.792. The normalized spacial score (nSPS) is 12.9. The highest BCUT2D eigenvalue weighted by Gasteiger charge is 2.19. The molecule has 0 aromatic carbocycles. The van der Waals surface area contributed by atoms with E-state index in [-0.39, 0.29) is 31.1 Å². The van der Waals surface area contributed by atoms with E-state index in [4.69, 9.17) is 14.2 Å². The molecular weight excluding hydrogens is 829 g/mol. The van der Waals surface area contributed by atoms with Crippen molar-refractivity contribution in [3.63, 3.8) is 0 Å². The number of unbranched alkanes of at least 4 members (excludes halogenated alkanes) is 19. The molecule has 0 fully saturated rings. The van der Waals surface area contributed by atoms with Crippen molar-refractivity contribution in [3.05, 3.63) is 109 Å². The van der Waals surface area contributed by atoms with Gasteiger partial charge in [0.2, 0.25) is 0 Å². The third-order valence-corrected chi connectivity index (χ3v) is 11.3. The molecule has 67 heavy (non-hydrogen) atoms. The molecule has 0 aliphatic carbocycles. The van der Waals surface area contributed by atoms with Crippen LogP contribution in [0.15, 0.2) is 109 Å². The van der Waals surface area contributed by atoms with Gasteiger partial charge in [-0.2, -0.15) is 0 Å². The van der Waals surface area contributed by atoms with Crippen LogP contribution in [0.4, 0.5) is 0 Å². The van der Waals surface area contributed by atoms with E-state index in [1.165, 1.54) is 70.6 Å². The largest absolute Gasteiger partial charge is 0.462 e. The smallest absolute Gasteiger partial charge is 0.306 e. The number of carbonyl (C=O) groups is 3. The highest BCUT2D eigenvalue weighted by molar-refractivity contribution is 5.71. The lowest BCUT2D eigenvalue weighted by Crippen LogP contribution is -2.30. The first kappa shape index (κ1) is 63.1. The molecule has 0 saturated heterocycles. The maximum Gasteiger partial charge on any atom is 0.306 e. The van der Waals surface area contributed by atoms with Crippen LogP contribution in [0.25, 0.3) is 0 Å². The Bertz CT molecular complexity index is 1390. The Labute approximate surface area is 412 Å². The van der Waals surface area contributed by atoms with Crippen molar-refractivity contribution >= 4 is 17.9 Å². The van der Waals surface area contributed by atoms with Crippen molar-refractivity contribution in [2.24, 2.45) is 0 Å². The van der Waals surface area contributed by atoms with E-state index in [1.807, 2.05) is 0 Å². The second kappa shape index (κ2) is 54.7. The molecule has 0 amide bonds. The van der Waals surface area contributed by atoms with Crippen molar-refractivity contribution in [3.8, 4) is 0 Å². The quantitative estimate of drug-likeness (QED) is 0.0262. The first-order valence-electron chi connectivity index (χ1n) is 27.4. The van der Waals surface area contributed by atoms with Crippen molar-refractivity contribution in [1.82, 2.24) is 0 Å². The van der Waals surface area contributed by atoms with E-state index >= 15 is 0 Å². The van der Waals surface area contributed by atoms with Gasteiger partial charge < -0.3 is 14.2 Å². The third kappa shape index (κ3) is 52.9. The summed E-state index contributed by atoms with van der Waals surface area (Å²) >= 11 is 0. The van der Waals surface area contributed by atoms with Crippen LogP contribution in [-0.2, 0) is 28.6 Å². The van der Waals surface area contributed by atoms with E-state index in [0.29, 0.717) is 19.3 Å². The lowest BCUT2D eigenvalue weighted by atomic mass is 10.1. The van der Waals surface area contributed by atoms with Crippen LogP contribution in [0.3, 0.4) is 0 Å². The predicted molar refractivity (Wildman–Crippen MR) is 288 cm³/mol. The molecule has 1 atom stereocenters. The molecule has 0 aromatic rings. The topological polar surface area (TPSA) is 78.9 Å². The van der Waals surface area contributed by atoms with E-state index in [1.54, 1.807) is 0 Å². The fourth-order valence-corrected chi connectivity index (χ4v) is 7.16. The summed E-state index contributed by atoms with van der Waals surface area (Å²) in [5.74, 6) is -0.948. The number of rotatable bonds is 48. The molecule has 0 spiro atoms. The molecule has 6 heteroatoms. The van der Waals surface area contributed by atoms with Crippen molar-refractivity contribution < 1.29 is 28.6 Å². The van der Waals surface area contributed by atoms with Gasteiger partial charge in [0, 0.05) is 19.3 Å². The van der Waals surface area contributed by atoms with E-state index in [2.05, 4.69) is 130 Å². The molecule has 0 radical (unpaired) electrons. The van der Waals surface area contributed by atoms with Gasteiger partial charge in [-0.05, 0) is 109 Å². The molecule has 1 unspecified atom stereocenters. The zero-order valence-corrected chi connectivity index (χ0v) is 43.4. The van der Waals surface area contributed by atoms with Crippen LogP contribution in [0.2, 0.25) is 0 Å². The summed E-state index contributed by atoms with van der Waals surface area (Å²) in [6.45, 7) is 6.38. The first-order valence-corrected chi connectivity index (χ1v) is 27.4. The maximum atomic E-state index is 12.8. The molecular formula is C61H100O6. The standard InChI is InChI=1S/C61H100O6/c1-4-7-10-13-15-17-19-21-23-25-27-28-29-30-31-32-34-35-37-39-41-43-45-48-51-54-60(63)66-57-58(56-65-59(62)53-50-47-12-9-6-3)67-61(64)55-52-49-46-44-42-40-38-36-33-26-24-22-20-18-16-14-11-8-5-2/h7,10,15-18,21-24,27-28,30-31,34-35,39,41,58H,4-6,8-9,11-14,19-20,25-26,29,32-33,36-38,40,42-57H2,1-3H3/b10-7-,17-15-,18-16-,23-21-,24-22-,28-27-,31-30-,35-34-,41-39-. The average Bonchev–Trinajstić information content (AvgIpc) is 3.33. The Morgan fingerprint density at radius 3 is 0.955 bits per heavy atom. The van der Waals surface area contributed by atoms with Crippen LogP contribution in [0.1, 0.15) is 239 Å². The highest BCUT2D eigenvalue weighted by atomic mass is 16.6. The average molecular weight is 929 g/mol. The van der Waals surface area contributed by atoms with Crippen molar-refractivity contribution in [2.75, 3.05) is 13.2 Å². The molecule has 0 aliphatic heterocycles. The summed E-state index contributed by atoms with van der Waals surface area (Å²) in [6.07, 6.45) is 74.0. The number of allylic oxidation sites excluding steroid dienone is 18. The predicted octanol–water partition coefficient (Wildman–Crippen LogP) is 18.3. The number of hydrogen-bond acceptors (Lipinski definition) is 6. The first-order chi connectivity index (χ1) is 33.0. The van der Waals surface area contributed by atoms with Crippen LogP contribution in [0, 0.1) is 0 Å². The molecule has 0 N–H and O–H groups in total. The zero-order chi connectivity index (χ0) is 48.6. The Morgan fingerprint density at radius 1 is 0.313 bits per heavy atom. The molecule has 0 heterocycles. The summed E-state index contributed by atoms with van der Waals surface area (Å²) in [4.78, 5) is 37.7. The van der Waals surface area contributed by atoms with Gasteiger partial charge in [-0.15, -0.1) is 0 Å². The van der Waals surface area contributed by atoms with Crippen LogP contribution in [-0.4, -0.2) is 37.2 Å². The minimum absolute atomic E-state index is 0.0927. The van der Waals surface area contributed by atoms with Crippen molar-refractivity contribution in [2.45, 2.75) is 245 Å². The second-order valence-electron chi connectivity index (χ2n) is 17.8. The van der Waals surface area contributed by atoms with Crippen LogP contribution in [0.5, 0.6) is 0 Å². The molecule has 0 bridgehead atoms. The summed E-state index contributed by atoms with van der Waals surface area (Å²) in [5, 5.41) is 0. The lowest BCUT2D eigenvalue weighted by molar-refractivity contribution is -0.167. The fraction of sp³-hybridized carbons (Fsp3) is 0.656. The Balaban J connectivity index is 4.23. The summed E-state index contributed by atoms with van der Waals surface area (Å²) < 4.78 is 16.7. The van der Waals surface area contributed by atoms with Gasteiger partial charge in [-0.25, -0.2) is 0 Å². The third-order valence-electron chi connectivity index (χ3n) is 11.3. The zero-order valence-electron chi connectivity index (χ0n) is 43.4. The van der Waals surface area contributed by atoms with E-state index in [9.17, 15) is 14.4 Å². The summed E-state index contributed by atoms with van der Waals surface area (Å²) in [5.41, 5.74) is 0. The SMILES string of the molecule is CC/C=C\C/C=C\C/C=C\C/C=C\C/C=C\C/C=C\C/C=C\CCCCCC(=O)OCC(COC(=O)CCCCCCC)OC(=O)CCCCCCCCCCC/C=C\C/C=C\CCCCC. The minimum Gasteiger partial charge on any atom is -0.462 e. The Morgan fingerprint density at radius 2 is 0.582 bits per heavy atom. The van der Waals surface area contributed by atoms with E-state index in [0.717, 1.165) is 128 Å². The van der Waals surface area contributed by atoms with Gasteiger partial charge >= 0.3 is 17.9 Å². The highest BCUT2D eigenvalue weighted by Crippen LogP contribution is 2.14. The molecule has 0 aromatic heterocycles. The maximum absolute atomic E-state index is 12.8. The van der Waals surface area contributed by atoms with Crippen LogP contribution < -0.4 is 0 Å². The second-order valence-corrected chi connectivity index (χ2v) is 17.8. The number of esters is 3. The van der Waals surface area contributed by atoms with Gasteiger partial charge in [0.15, 0.2) is 6.10 Å². The lowest BCUT2D eigenvalue weighted by Gasteiger charge is -2.18. The summed E-state index contributed by atoms with van der Waals surface area (Å²) in [7, 11) is 0. The van der Waals surface area contributed by atoms with Crippen LogP contribution >= 0.6 is 0 Å². The van der Waals surface area contributed by atoms with E-state index < -0.39 is 6.10 Å². The molecule has 0 rings (SSSR count). The van der Waals surface area contributed by atoms with Gasteiger partial charge in [-0.3, -0.25) is 14.4 Å². The number of carbonyl (C=O) groups excluding carboxylic acids is 3. The monoisotopic (exact) mass is 929 g/mol. The molecule has 0 saturated carbocycles. The fourth-order valence-electron chi connectivity index (χ4n) is 7.16.